The molecular weight excluding hydrogens is 410 g/mol. The number of nitrogens with one attached hydrogen (secondary N) is 3. The first kappa shape index (κ1) is 19.4. The van der Waals surface area contributed by atoms with Gasteiger partial charge in [-0.15, -0.1) is 0 Å². The lowest BCUT2D eigenvalue weighted by Crippen LogP contribution is -2.04. The summed E-state index contributed by atoms with van der Waals surface area (Å²) in [5.41, 5.74) is 1.57. The summed E-state index contributed by atoms with van der Waals surface area (Å²) < 4.78 is 10.7. The highest BCUT2D eigenvalue weighted by Crippen LogP contribution is 2.17. The molecule has 5 heterocycles. The highest BCUT2D eigenvalue weighted by molar-refractivity contribution is 5.53. The zero-order valence-electron chi connectivity index (χ0n) is 16.9. The summed E-state index contributed by atoms with van der Waals surface area (Å²) in [5.74, 6) is 3.79. The second kappa shape index (κ2) is 9.08. The molecule has 5 aromatic heterocycles. The molecule has 0 spiro atoms. The number of rotatable bonds is 9. The summed E-state index contributed by atoms with van der Waals surface area (Å²) in [4.78, 5) is 17.0. The molecule has 11 heteroatoms. The maximum atomic E-state index is 5.36. The van der Waals surface area contributed by atoms with Gasteiger partial charge in [0.25, 0.3) is 0 Å². The smallest absolute Gasteiger partial charge is 0.224 e. The fourth-order valence-electron chi connectivity index (χ4n) is 3.01. The van der Waals surface area contributed by atoms with Crippen molar-refractivity contribution < 1.29 is 8.94 Å². The Hall–Kier alpha value is -4.54. The van der Waals surface area contributed by atoms with Crippen molar-refractivity contribution in [2.45, 2.75) is 19.4 Å². The van der Waals surface area contributed by atoms with E-state index in [2.05, 4.69) is 45.9 Å². The van der Waals surface area contributed by atoms with Crippen molar-refractivity contribution in [2.24, 2.45) is 0 Å². The number of hydrogen-bond acceptors (Lipinski definition) is 10. The van der Waals surface area contributed by atoms with E-state index in [1.807, 2.05) is 18.2 Å². The predicted molar refractivity (Wildman–Crippen MR) is 115 cm³/mol. The predicted octanol–water partition coefficient (Wildman–Crippen LogP) is 3.38. The molecule has 5 aromatic rings. The van der Waals surface area contributed by atoms with Crippen LogP contribution in [0.1, 0.15) is 17.2 Å². The lowest BCUT2D eigenvalue weighted by Gasteiger charge is -2.05. The van der Waals surface area contributed by atoms with Gasteiger partial charge in [-0.1, -0.05) is 5.16 Å². The molecule has 11 nitrogen and oxygen atoms in total. The summed E-state index contributed by atoms with van der Waals surface area (Å²) >= 11 is 0. The monoisotopic (exact) mass is 429 g/mol. The van der Waals surface area contributed by atoms with E-state index in [0.29, 0.717) is 41.4 Å². The fourth-order valence-corrected chi connectivity index (χ4v) is 3.01. The largest absolute Gasteiger partial charge is 0.469 e. The summed E-state index contributed by atoms with van der Waals surface area (Å²) in [6.07, 6.45) is 8.24. The third kappa shape index (κ3) is 4.78. The Morgan fingerprint density at radius 2 is 1.84 bits per heavy atom. The van der Waals surface area contributed by atoms with E-state index in [1.54, 1.807) is 43.1 Å². The molecule has 5 rings (SSSR count). The molecular formula is C21H19N9O2. The Bertz CT molecular complexity index is 1270. The second-order valence-corrected chi connectivity index (χ2v) is 6.85. The second-order valence-electron chi connectivity index (χ2n) is 6.85. The summed E-state index contributed by atoms with van der Waals surface area (Å²) in [6.45, 7) is 0.364. The molecule has 0 saturated carbocycles. The van der Waals surface area contributed by atoms with E-state index in [0.717, 1.165) is 24.3 Å². The average molecular weight is 429 g/mol. The van der Waals surface area contributed by atoms with Crippen molar-refractivity contribution in [3.05, 3.63) is 78.5 Å². The minimum Gasteiger partial charge on any atom is -0.469 e. The Labute approximate surface area is 182 Å². The fraction of sp³-hybridized carbons (Fsp3) is 0.143. The van der Waals surface area contributed by atoms with Crippen LogP contribution in [0.5, 0.6) is 0 Å². The van der Waals surface area contributed by atoms with Crippen LogP contribution in [-0.4, -0.2) is 35.3 Å². The van der Waals surface area contributed by atoms with Gasteiger partial charge in [0.15, 0.2) is 23.1 Å². The normalized spacial score (nSPS) is 10.9. The van der Waals surface area contributed by atoms with Crippen LogP contribution in [0.2, 0.25) is 0 Å². The number of aromatic amines is 1. The molecule has 0 fully saturated rings. The van der Waals surface area contributed by atoms with Crippen LogP contribution in [0.3, 0.4) is 0 Å². The standard InChI is InChI=1S/C21H19N9O2/c1-3-15(31-10-1)5-4-14-11-19(29-28-14)26-18-6-9-24-21(27-18)25-13-16-12-17(30-32-16)20-22-7-2-8-23-20/h1-3,6-12H,4-5,13H2,(H3,24,25,26,27,28,29). The summed E-state index contributed by atoms with van der Waals surface area (Å²) in [7, 11) is 0. The quantitative estimate of drug-likeness (QED) is 0.319. The van der Waals surface area contributed by atoms with Gasteiger partial charge in [0.05, 0.1) is 12.8 Å². The molecule has 0 radical (unpaired) electrons. The first-order valence-electron chi connectivity index (χ1n) is 9.95. The number of aryl methyl sites for hydroxylation is 2. The van der Waals surface area contributed by atoms with Crippen molar-refractivity contribution in [1.29, 1.82) is 0 Å². The van der Waals surface area contributed by atoms with Crippen molar-refractivity contribution in [2.75, 3.05) is 10.6 Å². The van der Waals surface area contributed by atoms with E-state index < -0.39 is 0 Å². The molecule has 0 bridgehead atoms. The molecule has 32 heavy (non-hydrogen) atoms. The van der Waals surface area contributed by atoms with Crippen LogP contribution in [0.4, 0.5) is 17.6 Å². The van der Waals surface area contributed by atoms with E-state index in [-0.39, 0.29) is 0 Å². The first-order valence-corrected chi connectivity index (χ1v) is 9.95. The minimum absolute atomic E-state index is 0.364. The van der Waals surface area contributed by atoms with E-state index in [4.69, 9.17) is 8.94 Å². The lowest BCUT2D eigenvalue weighted by atomic mass is 10.2. The third-order valence-electron chi connectivity index (χ3n) is 4.54. The van der Waals surface area contributed by atoms with E-state index in [9.17, 15) is 0 Å². The van der Waals surface area contributed by atoms with Crippen molar-refractivity contribution in [3.8, 4) is 11.5 Å². The van der Waals surface area contributed by atoms with Gasteiger partial charge in [-0.25, -0.2) is 15.0 Å². The SMILES string of the molecule is c1cnc(-c2cc(CNc3nccc(Nc4cc(CCc5ccco5)[nH]n4)n3)on2)nc1. The van der Waals surface area contributed by atoms with Crippen LogP contribution >= 0.6 is 0 Å². The number of furan rings is 1. The Morgan fingerprint density at radius 1 is 0.906 bits per heavy atom. The van der Waals surface area contributed by atoms with Crippen LogP contribution in [0.15, 0.2) is 70.2 Å². The lowest BCUT2D eigenvalue weighted by molar-refractivity contribution is 0.389. The van der Waals surface area contributed by atoms with Crippen LogP contribution in [-0.2, 0) is 19.4 Å². The molecule has 0 aliphatic rings. The number of hydrogen-bond donors (Lipinski definition) is 3. The summed E-state index contributed by atoms with van der Waals surface area (Å²) in [5, 5.41) is 17.6. The van der Waals surface area contributed by atoms with Crippen LogP contribution < -0.4 is 10.6 Å². The minimum atomic E-state index is 0.364. The molecule has 0 saturated heterocycles. The van der Waals surface area contributed by atoms with Gasteiger partial charge in [0, 0.05) is 42.8 Å². The van der Waals surface area contributed by atoms with Crippen molar-refractivity contribution >= 4 is 17.6 Å². The maximum absolute atomic E-state index is 5.36. The zero-order valence-corrected chi connectivity index (χ0v) is 16.9. The maximum Gasteiger partial charge on any atom is 0.224 e. The zero-order chi connectivity index (χ0) is 21.6. The molecule has 3 N–H and O–H groups in total. The van der Waals surface area contributed by atoms with E-state index in [1.165, 1.54) is 0 Å². The average Bonchev–Trinajstić information content (AvgIpc) is 3.59. The molecule has 0 unspecified atom stereocenters. The van der Waals surface area contributed by atoms with Gasteiger partial charge in [-0.2, -0.15) is 10.1 Å². The molecule has 0 aromatic carbocycles. The highest BCUT2D eigenvalue weighted by Gasteiger charge is 2.10. The Morgan fingerprint density at radius 3 is 2.72 bits per heavy atom. The number of anilines is 3. The van der Waals surface area contributed by atoms with Gasteiger partial charge < -0.3 is 19.6 Å². The Balaban J connectivity index is 1.17. The van der Waals surface area contributed by atoms with E-state index >= 15 is 0 Å². The van der Waals surface area contributed by atoms with Crippen molar-refractivity contribution in [3.63, 3.8) is 0 Å². The number of H-pyrrole nitrogens is 1. The molecule has 0 amide bonds. The topological polar surface area (TPSA) is 143 Å². The van der Waals surface area contributed by atoms with Gasteiger partial charge in [0.2, 0.25) is 5.95 Å². The number of nitrogens with zero attached hydrogens (tertiary/aromatic N) is 6. The summed E-state index contributed by atoms with van der Waals surface area (Å²) in [6, 6.07) is 11.1. The molecule has 0 aliphatic carbocycles. The van der Waals surface area contributed by atoms with Crippen LogP contribution in [0, 0.1) is 0 Å². The van der Waals surface area contributed by atoms with Gasteiger partial charge in [-0.05, 0) is 30.7 Å². The molecule has 0 atom stereocenters. The van der Waals surface area contributed by atoms with Gasteiger partial charge >= 0.3 is 0 Å². The molecule has 160 valence electrons. The molecule has 0 aliphatic heterocycles. The van der Waals surface area contributed by atoms with Gasteiger partial charge in [-0.3, -0.25) is 5.10 Å². The highest BCUT2D eigenvalue weighted by atomic mass is 16.5. The third-order valence-corrected chi connectivity index (χ3v) is 4.54. The van der Waals surface area contributed by atoms with Gasteiger partial charge in [0.1, 0.15) is 11.6 Å². The Kier molecular flexibility index (Phi) is 5.51. The first-order chi connectivity index (χ1) is 15.8. The number of aromatic nitrogens is 7. The van der Waals surface area contributed by atoms with Crippen LogP contribution in [0.25, 0.3) is 11.5 Å². The van der Waals surface area contributed by atoms with Crippen molar-refractivity contribution in [1.82, 2.24) is 35.3 Å².